The lowest BCUT2D eigenvalue weighted by Crippen LogP contribution is -2.31. The van der Waals surface area contributed by atoms with Crippen molar-refractivity contribution in [1.29, 1.82) is 0 Å². The lowest BCUT2D eigenvalue weighted by atomic mass is 9.85. The summed E-state index contributed by atoms with van der Waals surface area (Å²) in [6.07, 6.45) is -13.5. The van der Waals surface area contributed by atoms with Crippen LogP contribution in [0.25, 0.3) is 0 Å². The van der Waals surface area contributed by atoms with Crippen molar-refractivity contribution in [2.75, 3.05) is 22.9 Å². The molecule has 262 valence electrons. The average Bonchev–Trinajstić information content (AvgIpc) is 3.33. The van der Waals surface area contributed by atoms with E-state index in [-0.39, 0.29) is 54.9 Å². The number of aromatic nitrogens is 2. The number of ether oxygens (including phenoxy) is 1. The van der Waals surface area contributed by atoms with E-state index in [0.29, 0.717) is 30.8 Å². The smallest absolute Gasteiger partial charge is 0.481 e. The van der Waals surface area contributed by atoms with E-state index in [1.54, 1.807) is 25.7 Å². The molecule has 47 heavy (non-hydrogen) atoms. The van der Waals surface area contributed by atoms with Crippen LogP contribution in [0.15, 0.2) is 48.7 Å². The first-order chi connectivity index (χ1) is 21.1. The van der Waals surface area contributed by atoms with Gasteiger partial charge in [-0.05, 0) is 66.3 Å². The van der Waals surface area contributed by atoms with Crippen LogP contribution in [0.3, 0.4) is 0 Å². The number of carboxylic acid groups (broad SMARTS) is 1. The Morgan fingerprint density at radius 3 is 1.96 bits per heavy atom. The van der Waals surface area contributed by atoms with E-state index in [9.17, 15) is 49.4 Å². The Hall–Kier alpha value is -3.82. The lowest BCUT2D eigenvalue weighted by Gasteiger charge is -2.32. The first-order valence-electron chi connectivity index (χ1n) is 13.9. The van der Waals surface area contributed by atoms with E-state index in [1.165, 1.54) is 35.0 Å². The summed E-state index contributed by atoms with van der Waals surface area (Å²) in [5.41, 5.74) is -3.42. The van der Waals surface area contributed by atoms with Crippen LogP contribution >= 0.6 is 12.4 Å². The number of halogens is 10. The molecule has 17 heteroatoms. The minimum atomic E-state index is -5.09. The molecule has 0 radical (unpaired) electrons. The van der Waals surface area contributed by atoms with Gasteiger partial charge in [0, 0.05) is 51.2 Å². The van der Waals surface area contributed by atoms with Crippen LogP contribution in [0.5, 0.6) is 5.75 Å². The molecule has 2 aromatic carbocycles. The standard InChI is InChI=1S/C30H33F9N4O3.ClH/c1-5-42(11-9-27(2,3)16-26(44)45)24-7-6-23(46-30(37,38)39)14-20(24)18-43(25-8-10-41(4)40-25)17-19-12-21(28(31,32)33)15-22(13-19)29(34,35)36;/h6-8,10,12-15H,5,9,11,16-18H2,1-4H3,(H,44,45);1H. The normalized spacial score (nSPS) is 12.4. The second-order valence-electron chi connectivity index (χ2n) is 11.5. The van der Waals surface area contributed by atoms with Crippen molar-refractivity contribution in [3.63, 3.8) is 0 Å². The molecule has 7 nitrogen and oxygen atoms in total. The number of rotatable bonds is 13. The zero-order valence-corrected chi connectivity index (χ0v) is 26.5. The van der Waals surface area contributed by atoms with E-state index >= 15 is 0 Å². The van der Waals surface area contributed by atoms with Crippen molar-refractivity contribution < 1.29 is 54.2 Å². The third-order valence-corrected chi connectivity index (χ3v) is 7.10. The van der Waals surface area contributed by atoms with Gasteiger partial charge in [-0.3, -0.25) is 9.48 Å². The fourth-order valence-corrected chi connectivity index (χ4v) is 4.90. The highest BCUT2D eigenvalue weighted by Gasteiger charge is 2.37. The third kappa shape index (κ3) is 11.7. The summed E-state index contributed by atoms with van der Waals surface area (Å²) >= 11 is 0. The lowest BCUT2D eigenvalue weighted by molar-refractivity contribution is -0.274. The summed E-state index contributed by atoms with van der Waals surface area (Å²) in [6, 6.07) is 6.18. The number of benzene rings is 2. The van der Waals surface area contributed by atoms with Crippen molar-refractivity contribution in [2.45, 2.75) is 65.4 Å². The van der Waals surface area contributed by atoms with Crippen molar-refractivity contribution in [2.24, 2.45) is 12.5 Å². The minimum absolute atomic E-state index is 0. The Balaban J connectivity index is 0.00000768. The van der Waals surface area contributed by atoms with Gasteiger partial charge in [0.2, 0.25) is 0 Å². The Morgan fingerprint density at radius 1 is 0.894 bits per heavy atom. The number of nitrogens with zero attached hydrogens (tertiary/aromatic N) is 4. The van der Waals surface area contributed by atoms with E-state index in [2.05, 4.69) is 9.84 Å². The van der Waals surface area contributed by atoms with Crippen LogP contribution in [0.1, 0.15) is 55.9 Å². The number of hydrogen-bond donors (Lipinski definition) is 1. The van der Waals surface area contributed by atoms with Gasteiger partial charge in [0.25, 0.3) is 0 Å². The van der Waals surface area contributed by atoms with E-state index in [4.69, 9.17) is 0 Å². The van der Waals surface area contributed by atoms with Crippen molar-refractivity contribution in [3.8, 4) is 5.75 Å². The molecule has 0 fully saturated rings. The van der Waals surface area contributed by atoms with E-state index < -0.39 is 53.5 Å². The maximum atomic E-state index is 13.6. The van der Waals surface area contributed by atoms with Gasteiger partial charge >= 0.3 is 24.7 Å². The average molecular weight is 705 g/mol. The van der Waals surface area contributed by atoms with Crippen molar-refractivity contribution >= 4 is 29.9 Å². The summed E-state index contributed by atoms with van der Waals surface area (Å²) in [7, 11) is 1.54. The van der Waals surface area contributed by atoms with Crippen LogP contribution in [0, 0.1) is 5.41 Å². The first kappa shape index (κ1) is 39.4. The SMILES string of the molecule is CCN(CCC(C)(C)CC(=O)O)c1ccc(OC(F)(F)F)cc1CN(Cc1cc(C(F)(F)F)cc(C(F)(F)F)c1)c1ccn(C)n1.Cl. The molecule has 0 aliphatic heterocycles. The van der Waals surface area contributed by atoms with Gasteiger partial charge in [0.1, 0.15) is 5.75 Å². The summed E-state index contributed by atoms with van der Waals surface area (Å²) in [4.78, 5) is 14.4. The zero-order chi connectivity index (χ0) is 34.7. The maximum absolute atomic E-state index is 13.6. The maximum Gasteiger partial charge on any atom is 0.573 e. The number of anilines is 2. The molecule has 0 spiro atoms. The Kier molecular flexibility index (Phi) is 12.5. The van der Waals surface area contributed by atoms with Crippen molar-refractivity contribution in [3.05, 3.63) is 70.9 Å². The molecule has 3 aromatic rings. The van der Waals surface area contributed by atoms with Crippen molar-refractivity contribution in [1.82, 2.24) is 9.78 Å². The van der Waals surface area contributed by atoms with Gasteiger partial charge in [0.05, 0.1) is 17.5 Å². The molecule has 3 rings (SSSR count). The number of hydrogen-bond acceptors (Lipinski definition) is 5. The fourth-order valence-electron chi connectivity index (χ4n) is 4.90. The molecular weight excluding hydrogens is 671 g/mol. The zero-order valence-electron chi connectivity index (χ0n) is 25.7. The Morgan fingerprint density at radius 2 is 1.49 bits per heavy atom. The highest BCUT2D eigenvalue weighted by Crippen LogP contribution is 2.38. The summed E-state index contributed by atoms with van der Waals surface area (Å²) < 4.78 is 126. The number of aliphatic carboxylic acids is 1. The molecule has 0 bridgehead atoms. The molecule has 0 amide bonds. The molecular formula is C30H34ClF9N4O3. The van der Waals surface area contributed by atoms with Gasteiger partial charge in [0.15, 0.2) is 5.82 Å². The Bertz CT molecular complexity index is 1470. The number of aryl methyl sites for hydroxylation is 1. The summed E-state index contributed by atoms with van der Waals surface area (Å²) in [6.45, 7) is 5.08. The molecule has 0 atom stereocenters. The topological polar surface area (TPSA) is 70.8 Å². The highest BCUT2D eigenvalue weighted by atomic mass is 35.5. The molecule has 1 N–H and O–H groups in total. The highest BCUT2D eigenvalue weighted by molar-refractivity contribution is 5.85. The largest absolute Gasteiger partial charge is 0.573 e. The first-order valence-corrected chi connectivity index (χ1v) is 13.9. The summed E-state index contributed by atoms with van der Waals surface area (Å²) in [5.74, 6) is -1.46. The molecule has 0 aliphatic rings. The molecule has 0 unspecified atom stereocenters. The second kappa shape index (κ2) is 14.9. The molecule has 1 aromatic heterocycles. The van der Waals surface area contributed by atoms with Crippen LogP contribution in [0.4, 0.5) is 51.0 Å². The number of alkyl halides is 9. The van der Waals surface area contributed by atoms with E-state index in [1.807, 2.05) is 0 Å². The monoisotopic (exact) mass is 704 g/mol. The molecule has 0 aliphatic carbocycles. The predicted molar refractivity (Wildman–Crippen MR) is 158 cm³/mol. The van der Waals surface area contributed by atoms with Crippen LogP contribution in [0.2, 0.25) is 0 Å². The summed E-state index contributed by atoms with van der Waals surface area (Å²) in [5, 5.41) is 13.5. The van der Waals surface area contributed by atoms with Crippen LogP contribution in [-0.4, -0.2) is 40.3 Å². The van der Waals surface area contributed by atoms with Gasteiger partial charge in [-0.15, -0.1) is 25.6 Å². The quantitative estimate of drug-likeness (QED) is 0.180. The van der Waals surface area contributed by atoms with Gasteiger partial charge in [-0.25, -0.2) is 0 Å². The van der Waals surface area contributed by atoms with Crippen LogP contribution < -0.4 is 14.5 Å². The Labute approximate surface area is 271 Å². The molecule has 0 saturated heterocycles. The number of carboxylic acids is 1. The third-order valence-electron chi connectivity index (χ3n) is 7.10. The fraction of sp³-hybridized carbons (Fsp3) is 0.467. The predicted octanol–water partition coefficient (Wildman–Crippen LogP) is 8.70. The number of carbonyl (C=O) groups is 1. The molecule has 0 saturated carbocycles. The molecule has 1 heterocycles. The minimum Gasteiger partial charge on any atom is -0.481 e. The van der Waals surface area contributed by atoms with Gasteiger partial charge < -0.3 is 19.6 Å². The van der Waals surface area contributed by atoms with Crippen LogP contribution in [-0.2, 0) is 37.3 Å². The van der Waals surface area contributed by atoms with Gasteiger partial charge in [-0.2, -0.15) is 31.4 Å². The van der Waals surface area contributed by atoms with Gasteiger partial charge in [-0.1, -0.05) is 13.8 Å². The van der Waals surface area contributed by atoms with E-state index in [0.717, 1.165) is 12.1 Å². The second-order valence-corrected chi connectivity index (χ2v) is 11.5.